The molecule has 0 heterocycles. The standard InChI is InChI=1S/C7H14BNO3/c10-5-9-7-3-1-2-6(4-7)8(11)12/h5-7,11-12H,1-4H2,(H,9,10). The van der Waals surface area contributed by atoms with Gasteiger partial charge in [-0.2, -0.15) is 0 Å². The van der Waals surface area contributed by atoms with Gasteiger partial charge in [0.1, 0.15) is 0 Å². The number of rotatable bonds is 3. The topological polar surface area (TPSA) is 69.6 Å². The first kappa shape index (κ1) is 9.54. The van der Waals surface area contributed by atoms with Crippen LogP contribution in [0.2, 0.25) is 5.82 Å². The van der Waals surface area contributed by atoms with Crippen molar-refractivity contribution in [3.63, 3.8) is 0 Å². The van der Waals surface area contributed by atoms with Crippen LogP contribution in [0.5, 0.6) is 0 Å². The predicted molar refractivity (Wildman–Crippen MR) is 45.4 cm³/mol. The molecule has 0 spiro atoms. The van der Waals surface area contributed by atoms with E-state index in [1.165, 1.54) is 0 Å². The minimum Gasteiger partial charge on any atom is -0.427 e. The molecule has 0 aliphatic heterocycles. The first-order chi connectivity index (χ1) is 5.74. The van der Waals surface area contributed by atoms with Crippen molar-refractivity contribution in [3.8, 4) is 0 Å². The van der Waals surface area contributed by atoms with Crippen molar-refractivity contribution in [2.45, 2.75) is 37.5 Å². The van der Waals surface area contributed by atoms with Gasteiger partial charge < -0.3 is 15.4 Å². The van der Waals surface area contributed by atoms with E-state index in [2.05, 4.69) is 5.32 Å². The van der Waals surface area contributed by atoms with Crippen LogP contribution in [-0.2, 0) is 4.79 Å². The van der Waals surface area contributed by atoms with Crippen LogP contribution in [0.4, 0.5) is 0 Å². The fraction of sp³-hybridized carbons (Fsp3) is 0.857. The maximum absolute atomic E-state index is 10.1. The minimum absolute atomic E-state index is 0.0730. The molecule has 0 saturated heterocycles. The van der Waals surface area contributed by atoms with Crippen molar-refractivity contribution in [3.05, 3.63) is 0 Å². The highest BCUT2D eigenvalue weighted by atomic mass is 16.4. The van der Waals surface area contributed by atoms with Crippen LogP contribution in [0.25, 0.3) is 0 Å². The van der Waals surface area contributed by atoms with Gasteiger partial charge in [-0.15, -0.1) is 0 Å². The molecule has 1 saturated carbocycles. The fourth-order valence-electron chi connectivity index (χ4n) is 1.75. The van der Waals surface area contributed by atoms with Gasteiger partial charge in [-0.25, -0.2) is 0 Å². The van der Waals surface area contributed by atoms with Crippen molar-refractivity contribution in [2.75, 3.05) is 0 Å². The number of hydrogen-bond acceptors (Lipinski definition) is 3. The van der Waals surface area contributed by atoms with E-state index in [0.717, 1.165) is 19.3 Å². The summed E-state index contributed by atoms with van der Waals surface area (Å²) in [7, 11) is -1.23. The summed E-state index contributed by atoms with van der Waals surface area (Å²) in [6.07, 6.45) is 4.09. The Kier molecular flexibility index (Phi) is 3.56. The highest BCUT2D eigenvalue weighted by molar-refractivity contribution is 6.43. The summed E-state index contributed by atoms with van der Waals surface area (Å²) in [6, 6.07) is 0.128. The lowest BCUT2D eigenvalue weighted by Gasteiger charge is -2.27. The number of carbonyl (C=O) groups excluding carboxylic acids is 1. The van der Waals surface area contributed by atoms with Crippen molar-refractivity contribution < 1.29 is 14.8 Å². The van der Waals surface area contributed by atoms with E-state index < -0.39 is 7.12 Å². The highest BCUT2D eigenvalue weighted by Crippen LogP contribution is 2.29. The van der Waals surface area contributed by atoms with Gasteiger partial charge in [-0.3, -0.25) is 4.79 Å². The number of amides is 1. The van der Waals surface area contributed by atoms with Crippen LogP contribution in [-0.4, -0.2) is 29.6 Å². The van der Waals surface area contributed by atoms with Crippen LogP contribution < -0.4 is 5.32 Å². The molecule has 1 aliphatic rings. The van der Waals surface area contributed by atoms with Gasteiger partial charge in [-0.05, 0) is 18.7 Å². The fourth-order valence-corrected chi connectivity index (χ4v) is 1.75. The molecule has 0 aromatic carbocycles. The van der Waals surface area contributed by atoms with Gasteiger partial charge in [0.15, 0.2) is 0 Å². The average Bonchev–Trinajstić information content (AvgIpc) is 2.05. The van der Waals surface area contributed by atoms with E-state index in [4.69, 9.17) is 10.0 Å². The first-order valence-corrected chi connectivity index (χ1v) is 4.30. The van der Waals surface area contributed by atoms with E-state index in [-0.39, 0.29) is 11.9 Å². The molecule has 1 fully saturated rings. The molecule has 0 aromatic heterocycles. The minimum atomic E-state index is -1.23. The van der Waals surface area contributed by atoms with Crippen molar-refractivity contribution in [1.29, 1.82) is 0 Å². The summed E-state index contributed by atoms with van der Waals surface area (Å²) in [4.78, 5) is 10.1. The molecule has 0 bridgehead atoms. The van der Waals surface area contributed by atoms with E-state index in [0.29, 0.717) is 12.8 Å². The Morgan fingerprint density at radius 1 is 1.42 bits per heavy atom. The SMILES string of the molecule is O=CNC1CCCC(B(O)O)C1. The summed E-state index contributed by atoms with van der Waals surface area (Å²) in [5, 5.41) is 20.5. The van der Waals surface area contributed by atoms with Crippen LogP contribution in [0.3, 0.4) is 0 Å². The molecular weight excluding hydrogens is 157 g/mol. The Morgan fingerprint density at radius 3 is 2.75 bits per heavy atom. The monoisotopic (exact) mass is 171 g/mol. The Morgan fingerprint density at radius 2 is 2.17 bits per heavy atom. The van der Waals surface area contributed by atoms with E-state index in [1.807, 2.05) is 0 Å². The highest BCUT2D eigenvalue weighted by Gasteiger charge is 2.29. The molecule has 2 atom stereocenters. The third-order valence-electron chi connectivity index (χ3n) is 2.44. The lowest BCUT2D eigenvalue weighted by atomic mass is 9.64. The predicted octanol–water partition coefficient (Wildman–Crippen LogP) is -0.482. The molecule has 3 N–H and O–H groups in total. The summed E-state index contributed by atoms with van der Waals surface area (Å²) < 4.78 is 0. The summed E-state index contributed by atoms with van der Waals surface area (Å²) in [5.74, 6) is -0.0730. The molecule has 68 valence electrons. The third kappa shape index (κ3) is 2.50. The Labute approximate surface area is 72.1 Å². The summed E-state index contributed by atoms with van der Waals surface area (Å²) in [6.45, 7) is 0. The van der Waals surface area contributed by atoms with Crippen molar-refractivity contribution in [1.82, 2.24) is 5.32 Å². The van der Waals surface area contributed by atoms with Crippen LogP contribution in [0, 0.1) is 0 Å². The zero-order valence-electron chi connectivity index (χ0n) is 6.94. The quantitative estimate of drug-likeness (QED) is 0.396. The maximum Gasteiger partial charge on any atom is 0.454 e. The second kappa shape index (κ2) is 4.47. The Bertz CT molecular complexity index is 154. The maximum atomic E-state index is 10.1. The van der Waals surface area contributed by atoms with Crippen molar-refractivity contribution in [2.24, 2.45) is 0 Å². The molecule has 0 radical (unpaired) electrons. The van der Waals surface area contributed by atoms with Crippen LogP contribution in [0.15, 0.2) is 0 Å². The van der Waals surface area contributed by atoms with Gasteiger partial charge in [0.25, 0.3) is 0 Å². The average molecular weight is 171 g/mol. The second-order valence-corrected chi connectivity index (χ2v) is 3.32. The van der Waals surface area contributed by atoms with E-state index in [9.17, 15) is 4.79 Å². The number of carbonyl (C=O) groups is 1. The van der Waals surface area contributed by atoms with Gasteiger partial charge in [0.05, 0.1) is 0 Å². The first-order valence-electron chi connectivity index (χ1n) is 4.30. The molecule has 1 rings (SSSR count). The van der Waals surface area contributed by atoms with Gasteiger partial charge in [0.2, 0.25) is 6.41 Å². The smallest absolute Gasteiger partial charge is 0.427 e. The largest absolute Gasteiger partial charge is 0.454 e. The normalized spacial score (nSPS) is 29.5. The molecule has 12 heavy (non-hydrogen) atoms. The lowest BCUT2D eigenvalue weighted by Crippen LogP contribution is -2.36. The molecule has 1 aliphatic carbocycles. The molecule has 1 amide bonds. The lowest BCUT2D eigenvalue weighted by molar-refractivity contribution is -0.110. The molecular formula is C7H14BNO3. The van der Waals surface area contributed by atoms with Crippen molar-refractivity contribution >= 4 is 13.5 Å². The molecule has 2 unspecified atom stereocenters. The Hall–Kier alpha value is -0.545. The number of nitrogens with one attached hydrogen (secondary N) is 1. The van der Waals surface area contributed by atoms with Crippen LogP contribution >= 0.6 is 0 Å². The van der Waals surface area contributed by atoms with Gasteiger partial charge in [-0.1, -0.05) is 12.8 Å². The van der Waals surface area contributed by atoms with Gasteiger partial charge >= 0.3 is 7.12 Å². The van der Waals surface area contributed by atoms with E-state index >= 15 is 0 Å². The number of hydrogen-bond donors (Lipinski definition) is 3. The third-order valence-corrected chi connectivity index (χ3v) is 2.44. The molecule has 4 nitrogen and oxygen atoms in total. The summed E-state index contributed by atoms with van der Waals surface area (Å²) >= 11 is 0. The zero-order chi connectivity index (χ0) is 8.97. The second-order valence-electron chi connectivity index (χ2n) is 3.32. The van der Waals surface area contributed by atoms with E-state index in [1.54, 1.807) is 0 Å². The molecule has 5 heteroatoms. The zero-order valence-corrected chi connectivity index (χ0v) is 6.94. The van der Waals surface area contributed by atoms with Gasteiger partial charge in [0, 0.05) is 6.04 Å². The Balaban J connectivity index is 2.34. The summed E-state index contributed by atoms with van der Waals surface area (Å²) in [5.41, 5.74) is 0. The molecule has 0 aromatic rings. The van der Waals surface area contributed by atoms with Crippen LogP contribution in [0.1, 0.15) is 25.7 Å².